The van der Waals surface area contributed by atoms with Crippen LogP contribution in [0, 0.1) is 71.0 Å². The van der Waals surface area contributed by atoms with E-state index in [2.05, 4.69) is 15.6 Å². The van der Waals surface area contributed by atoms with Crippen LogP contribution in [0.5, 0.6) is 0 Å². The minimum atomic E-state index is -5.04. The smallest absolute Gasteiger partial charge is 0.664 e. The number of nitrogens with zero attached hydrogens (tertiary/aromatic N) is 7. The van der Waals surface area contributed by atoms with Gasteiger partial charge < -0.3 is 80.0 Å². The number of primary amides is 4. The molecule has 30 heteroatoms. The number of rotatable bonds is 28. The minimum Gasteiger partial charge on any atom is -0.664 e. The number of allylic oxidation sites excluding steroid dienone is 6. The quantitative estimate of drug-likeness (QED) is 0.0245. The Hall–Kier alpha value is -6.55. The molecule has 1 aromatic carbocycles. The van der Waals surface area contributed by atoms with Crippen molar-refractivity contribution in [3.8, 4) is 0 Å². The molecule has 2 saturated heterocycles. The molecule has 7 heterocycles. The van der Waals surface area contributed by atoms with Gasteiger partial charge in [-0.1, -0.05) is 40.7 Å². The largest absolute Gasteiger partial charge is 2.00 e. The van der Waals surface area contributed by atoms with Crippen molar-refractivity contribution in [3.63, 3.8) is 0 Å². The number of hydrogen-bond donors (Lipinski definition) is 10. The van der Waals surface area contributed by atoms with E-state index in [1.807, 2.05) is 87.4 Å². The van der Waals surface area contributed by atoms with Gasteiger partial charge in [0.15, 0.2) is 6.23 Å². The molecule has 8 bridgehead atoms. The van der Waals surface area contributed by atoms with Crippen LogP contribution in [0.1, 0.15) is 144 Å². The van der Waals surface area contributed by atoms with E-state index < -0.39 is 132 Å². The van der Waals surface area contributed by atoms with Gasteiger partial charge in [-0.15, -0.1) is 5.70 Å². The molecule has 15 atom stereocenters. The van der Waals surface area contributed by atoms with Gasteiger partial charge in [-0.25, -0.2) is 15.4 Å². The average Bonchev–Trinajstić information content (AvgIpc) is 1.53. The van der Waals surface area contributed by atoms with Crippen molar-refractivity contribution in [2.75, 3.05) is 26.3 Å². The summed E-state index contributed by atoms with van der Waals surface area (Å²) in [5.41, 5.74) is 26.1. The fourth-order valence-corrected chi connectivity index (χ4v) is 16.5. The summed E-state index contributed by atoms with van der Waals surface area (Å²) >= 11 is 0. The summed E-state index contributed by atoms with van der Waals surface area (Å²) in [4.78, 5) is 117. The maximum atomic E-state index is 14.4. The molecular weight excluding hydrogens is 1270 g/mol. The number of aliphatic hydroxyl groups excluding tert-OH is 2. The molecule has 1 aromatic heterocycles. The zero-order valence-corrected chi connectivity index (χ0v) is 56.6. The van der Waals surface area contributed by atoms with Gasteiger partial charge in [0.25, 0.3) is 0 Å². The molecule has 93 heavy (non-hydrogen) atoms. The van der Waals surface area contributed by atoms with E-state index in [0.29, 0.717) is 62.8 Å². The molecule has 0 saturated carbocycles. The standard InChI is InChI=1S/C62H92N13O14P.CN.Co/c1-31-22-41-42(23-32(31)2)75(29-70-41)57-52(83)53(43(28-76)87-57)89-90(84,85)88-33(3)26-69-49(82)18-19-59(8)39(27-68-30-77)56-62(11)61(10,20-21-86-67)38(14-17-47(65)80)51(74-62)35(5)55-60(9,25-48(66)81)36(12-15-45(63)78)40(71-55)24-44-58(6,7)37(13-16-46(64)79)50(72-44)34(4)54(59)73-56;1-2;/h22-24,29-30,33,36-39,43,52-53,56-57,76,83H,12-21,25-28,67H2,1-11H3,(H12,63,64,65,66,68,69,71,72,73,74,77,78,79,80,81,82,84,85);;/q;-1;+2/p-1/t33-,36-,37-,38-,39+,43-,52-,53-,56-,57?,59-,60+,61+,62+;;/m1../s1. The van der Waals surface area contributed by atoms with Crippen molar-refractivity contribution in [2.45, 2.75) is 183 Å². The number of aryl methyl sites for hydroxylation is 2. The predicted molar refractivity (Wildman–Crippen MR) is 340 cm³/mol. The Morgan fingerprint density at radius 2 is 1.51 bits per heavy atom. The van der Waals surface area contributed by atoms with Crippen molar-refractivity contribution >= 4 is 71.9 Å². The third kappa shape index (κ3) is 14.8. The monoisotopic (exact) mass is 1360 g/mol. The van der Waals surface area contributed by atoms with Gasteiger partial charge >= 0.3 is 24.6 Å². The van der Waals surface area contributed by atoms with Crippen molar-refractivity contribution in [1.29, 1.82) is 5.26 Å². The van der Waals surface area contributed by atoms with Gasteiger partial charge in [0.1, 0.15) is 18.3 Å². The molecule has 0 aliphatic carbocycles. The second kappa shape index (κ2) is 29.6. The fourth-order valence-electron chi connectivity index (χ4n) is 15.3. The van der Waals surface area contributed by atoms with Crippen LogP contribution in [-0.2, 0) is 68.7 Å². The van der Waals surface area contributed by atoms with Crippen LogP contribution in [0.2, 0.25) is 0 Å². The van der Waals surface area contributed by atoms with Crippen molar-refractivity contribution in [2.24, 2.45) is 89.1 Å². The van der Waals surface area contributed by atoms with Crippen molar-refractivity contribution in [1.82, 2.24) is 20.2 Å². The molecule has 6 aliphatic rings. The number of nitrogens with two attached hydrogens (primary N) is 5. The first-order valence-corrected chi connectivity index (χ1v) is 32.4. The second-order valence-electron chi connectivity index (χ2n) is 26.8. The van der Waals surface area contributed by atoms with Gasteiger partial charge in [-0.2, -0.15) is 5.70 Å². The van der Waals surface area contributed by atoms with Crippen LogP contribution in [0.15, 0.2) is 67.8 Å². The van der Waals surface area contributed by atoms with E-state index in [0.717, 1.165) is 11.1 Å². The topological polar surface area (TPSA) is 464 Å². The van der Waals surface area contributed by atoms with Crippen molar-refractivity contribution in [3.05, 3.63) is 75.8 Å². The SMILES string of the molecule is CC1=C2N=C(C=C3[N-]C(=C(C)C4=N[C@@](C)([C@@H]5N=C1[C@](C)(CCC(=O)NC[C@@H](C)OP(=O)(O)O[C@@H]1[C@@H](CO)OC(n6cnc7cc(C)c(C)cc76)[C@@H]1O)[C@H]5CNC=O)[C@@](C)(CCON)[C@@H]4CCC(N)=O)[C@@](C)(CC(N)=O)[C@@H]3CCC(N)=O)C(C)(C)[C@@H]2CCC(N)=O.[C-]#N.[Co+2]. The number of aromatic nitrogens is 2. The van der Waals surface area contributed by atoms with Gasteiger partial charge in [0.2, 0.25) is 35.9 Å². The normalized spacial score (nSPS) is 31.0. The van der Waals surface area contributed by atoms with Gasteiger partial charge in [0, 0.05) is 102 Å². The number of imidazole rings is 1. The number of aliphatic imine (C=N–C) groups is 3. The summed E-state index contributed by atoms with van der Waals surface area (Å²) in [6.07, 6.45) is -2.14. The molecule has 511 valence electrons. The molecule has 0 spiro atoms. The molecule has 2 fully saturated rings. The van der Waals surface area contributed by atoms with E-state index in [1.54, 1.807) is 4.57 Å². The minimum absolute atomic E-state index is 0. The maximum absolute atomic E-state index is 14.4. The number of nitrogens with one attached hydrogen (secondary N) is 2. The molecule has 2 aromatic rings. The fraction of sp³-hybridized carbons (Fsp3) is 0.635. The van der Waals surface area contributed by atoms with Gasteiger partial charge in [-0.3, -0.25) is 52.8 Å². The van der Waals surface area contributed by atoms with E-state index in [4.69, 9.17) is 79.6 Å². The molecule has 6 amide bonds. The average molecular weight is 1360 g/mol. The van der Waals surface area contributed by atoms with Crippen molar-refractivity contribution < 1.29 is 83.8 Å². The van der Waals surface area contributed by atoms with Gasteiger partial charge in [0.05, 0.1) is 48.3 Å². The Morgan fingerprint density at radius 3 is 2.10 bits per heavy atom. The van der Waals surface area contributed by atoms with Gasteiger partial charge in [-0.05, 0) is 119 Å². The van der Waals surface area contributed by atoms with E-state index in [-0.39, 0.29) is 101 Å². The number of phosphoric acid groups is 1. The molecule has 28 nitrogen and oxygen atoms in total. The Balaban J connectivity index is 0.00000453. The molecule has 1 radical (unpaired) electrons. The van der Waals surface area contributed by atoms with Crippen LogP contribution in [0.25, 0.3) is 16.4 Å². The molecule has 15 N–H and O–H groups in total. The number of fused-ring (bicyclic) bond motifs is 7. The van der Waals surface area contributed by atoms with Crippen LogP contribution >= 0.6 is 7.82 Å². The Labute approximate surface area is 552 Å². The van der Waals surface area contributed by atoms with Crippen LogP contribution in [-0.4, -0.2) is 140 Å². The molecular formula is C63H91CoN14O14P. The predicted octanol–water partition coefficient (Wildman–Crippen LogP) is 4.32. The molecule has 6 aliphatic heterocycles. The summed E-state index contributed by atoms with van der Waals surface area (Å²) in [5, 5.41) is 39.2. The number of phosphoric ester groups is 1. The number of amides is 6. The summed E-state index contributed by atoms with van der Waals surface area (Å²) in [5.74, 6) is 0.803. The van der Waals surface area contributed by atoms with Crippen LogP contribution < -0.4 is 39.5 Å². The maximum Gasteiger partial charge on any atom is 2.00 e. The number of carbonyl (C=O) groups excluding carboxylic acids is 6. The third-order valence-corrected chi connectivity index (χ3v) is 21.8. The Bertz CT molecular complexity index is 3490. The number of aliphatic hydroxyl groups is 2. The molecule has 2 unspecified atom stereocenters. The zero-order valence-electron chi connectivity index (χ0n) is 54.7. The first kappa shape index (κ1) is 75.5. The zero-order chi connectivity index (χ0) is 68.4. The summed E-state index contributed by atoms with van der Waals surface area (Å²) in [7, 11) is -5.04. The van der Waals surface area contributed by atoms with E-state index in [1.165, 1.54) is 13.3 Å². The number of hydrogen-bond acceptors (Lipinski definition) is 19. The summed E-state index contributed by atoms with van der Waals surface area (Å²) < 4.78 is 32.4. The van der Waals surface area contributed by atoms with Crippen LogP contribution in [0.3, 0.4) is 0 Å². The number of carbonyl (C=O) groups is 6. The third-order valence-electron chi connectivity index (χ3n) is 20.7. The second-order valence-corrected chi connectivity index (χ2v) is 28.2. The van der Waals surface area contributed by atoms with E-state index in [9.17, 15) is 48.4 Å². The number of benzene rings is 1. The molecule has 8 rings (SSSR count). The van der Waals surface area contributed by atoms with E-state index >= 15 is 0 Å². The number of ether oxygens (including phenoxy) is 1. The van der Waals surface area contributed by atoms with Crippen LogP contribution in [0.4, 0.5) is 0 Å². The summed E-state index contributed by atoms with van der Waals surface area (Å²) in [6, 6.07) is 2.93. The first-order valence-electron chi connectivity index (χ1n) is 30.9. The Morgan fingerprint density at radius 1 is 0.892 bits per heavy atom. The first-order chi connectivity index (χ1) is 43.1. The summed E-state index contributed by atoms with van der Waals surface area (Å²) in [6.45, 7) is 24.8. The Kier molecular flexibility index (Phi) is 24.0.